The topological polar surface area (TPSA) is 67.2 Å². The van der Waals surface area contributed by atoms with Gasteiger partial charge in [-0.15, -0.1) is 0 Å². The monoisotopic (exact) mass is 476 g/mol. The molecule has 0 saturated heterocycles. The number of nitrogens with zero attached hydrogens (tertiary/aromatic N) is 3. The molecule has 162 valence electrons. The van der Waals surface area contributed by atoms with Crippen LogP contribution in [0.4, 0.5) is 5.69 Å². The molecule has 2 aromatic carbocycles. The Morgan fingerprint density at radius 2 is 1.81 bits per heavy atom. The molecule has 0 atom stereocenters. The number of nitrogens with one attached hydrogen (secondary N) is 1. The molecule has 1 heterocycles. The minimum atomic E-state index is -0.382. The summed E-state index contributed by atoms with van der Waals surface area (Å²) in [6.07, 6.45) is 3.58. The molecule has 2 amide bonds. The zero-order chi connectivity index (χ0) is 22.5. The van der Waals surface area contributed by atoms with E-state index in [4.69, 9.17) is 23.2 Å². The number of carbonyl (C=O) groups excluding carboxylic acids is 2. The summed E-state index contributed by atoms with van der Waals surface area (Å²) < 4.78 is 1.96. The SMILES string of the molecule is Cc1cccc(-n2ccnc2SCC(=O)N(C)CC(=O)Nc2c(Cl)cccc2Cl)c1C. The molecule has 0 spiro atoms. The van der Waals surface area contributed by atoms with E-state index in [1.165, 1.54) is 22.2 Å². The van der Waals surface area contributed by atoms with Gasteiger partial charge in [0.2, 0.25) is 11.8 Å². The molecule has 31 heavy (non-hydrogen) atoms. The normalized spacial score (nSPS) is 10.7. The van der Waals surface area contributed by atoms with Crippen LogP contribution in [0.25, 0.3) is 5.69 Å². The van der Waals surface area contributed by atoms with Crippen LogP contribution in [-0.2, 0) is 9.59 Å². The van der Waals surface area contributed by atoms with Crippen LogP contribution in [0.2, 0.25) is 10.0 Å². The average molecular weight is 477 g/mol. The van der Waals surface area contributed by atoms with Crippen LogP contribution >= 0.6 is 35.0 Å². The van der Waals surface area contributed by atoms with Gasteiger partial charge in [0, 0.05) is 19.4 Å². The molecule has 9 heteroatoms. The van der Waals surface area contributed by atoms with E-state index in [1.807, 2.05) is 22.9 Å². The van der Waals surface area contributed by atoms with E-state index >= 15 is 0 Å². The number of benzene rings is 2. The van der Waals surface area contributed by atoms with Crippen molar-refractivity contribution in [2.45, 2.75) is 19.0 Å². The Kier molecular flexibility index (Phi) is 7.64. The van der Waals surface area contributed by atoms with Gasteiger partial charge in [-0.1, -0.05) is 53.2 Å². The highest BCUT2D eigenvalue weighted by atomic mass is 35.5. The Hall–Kier alpha value is -2.48. The lowest BCUT2D eigenvalue weighted by molar-refractivity contribution is -0.131. The minimum absolute atomic E-state index is 0.119. The number of anilines is 1. The van der Waals surface area contributed by atoms with Crippen molar-refractivity contribution in [1.82, 2.24) is 14.5 Å². The molecule has 1 N–H and O–H groups in total. The van der Waals surface area contributed by atoms with Gasteiger partial charge in [-0.3, -0.25) is 14.2 Å². The molecular weight excluding hydrogens is 455 g/mol. The molecule has 0 saturated carbocycles. The van der Waals surface area contributed by atoms with E-state index in [1.54, 1.807) is 31.4 Å². The third-order valence-corrected chi connectivity index (χ3v) is 6.38. The zero-order valence-electron chi connectivity index (χ0n) is 17.4. The number of hydrogen-bond acceptors (Lipinski definition) is 4. The van der Waals surface area contributed by atoms with Crippen LogP contribution in [0.15, 0.2) is 53.9 Å². The lowest BCUT2D eigenvalue weighted by atomic mass is 10.1. The van der Waals surface area contributed by atoms with Crippen molar-refractivity contribution in [2.75, 3.05) is 24.7 Å². The molecule has 3 aromatic rings. The highest BCUT2D eigenvalue weighted by Gasteiger charge is 2.17. The maximum atomic E-state index is 12.6. The number of rotatable bonds is 7. The van der Waals surface area contributed by atoms with Crippen LogP contribution in [0.1, 0.15) is 11.1 Å². The molecule has 1 aromatic heterocycles. The van der Waals surface area contributed by atoms with Crippen molar-refractivity contribution in [1.29, 1.82) is 0 Å². The predicted octanol–water partition coefficient (Wildman–Crippen LogP) is 4.99. The van der Waals surface area contributed by atoms with Gasteiger partial charge in [0.25, 0.3) is 0 Å². The van der Waals surface area contributed by atoms with Crippen LogP contribution < -0.4 is 5.32 Å². The molecule has 3 rings (SSSR count). The number of amides is 2. The second-order valence-electron chi connectivity index (χ2n) is 6.98. The van der Waals surface area contributed by atoms with Gasteiger partial charge in [0.15, 0.2) is 5.16 Å². The van der Waals surface area contributed by atoms with Crippen molar-refractivity contribution >= 4 is 52.5 Å². The zero-order valence-corrected chi connectivity index (χ0v) is 19.7. The first-order valence-electron chi connectivity index (χ1n) is 9.48. The quantitative estimate of drug-likeness (QED) is 0.488. The van der Waals surface area contributed by atoms with Crippen LogP contribution in [0.3, 0.4) is 0 Å². The maximum Gasteiger partial charge on any atom is 0.244 e. The van der Waals surface area contributed by atoms with Gasteiger partial charge in [0.05, 0.1) is 33.7 Å². The summed E-state index contributed by atoms with van der Waals surface area (Å²) in [4.78, 5) is 30.6. The molecule has 0 bridgehead atoms. The first-order valence-corrected chi connectivity index (χ1v) is 11.2. The number of aryl methyl sites for hydroxylation is 1. The summed E-state index contributed by atoms with van der Waals surface area (Å²) in [6, 6.07) is 11.0. The first-order chi connectivity index (χ1) is 14.8. The Bertz CT molecular complexity index is 1100. The summed E-state index contributed by atoms with van der Waals surface area (Å²) in [5, 5.41) is 4.04. The lowest BCUT2D eigenvalue weighted by Gasteiger charge is -2.17. The smallest absolute Gasteiger partial charge is 0.244 e. The van der Waals surface area contributed by atoms with Gasteiger partial charge in [-0.05, 0) is 43.2 Å². The summed E-state index contributed by atoms with van der Waals surface area (Å²) in [5.74, 6) is -0.424. The van der Waals surface area contributed by atoms with Gasteiger partial charge in [-0.2, -0.15) is 0 Å². The number of hydrogen-bond donors (Lipinski definition) is 1. The van der Waals surface area contributed by atoms with Crippen molar-refractivity contribution in [2.24, 2.45) is 0 Å². The van der Waals surface area contributed by atoms with Gasteiger partial charge < -0.3 is 10.2 Å². The lowest BCUT2D eigenvalue weighted by Crippen LogP contribution is -2.36. The Balaban J connectivity index is 1.60. The summed E-state index contributed by atoms with van der Waals surface area (Å²) >= 11 is 13.5. The Morgan fingerprint density at radius 1 is 1.13 bits per heavy atom. The summed E-state index contributed by atoms with van der Waals surface area (Å²) in [5.41, 5.74) is 3.70. The van der Waals surface area contributed by atoms with Crippen molar-refractivity contribution < 1.29 is 9.59 Å². The molecule has 6 nitrogen and oxygen atoms in total. The minimum Gasteiger partial charge on any atom is -0.336 e. The fraction of sp³-hybridized carbons (Fsp3) is 0.227. The number of carbonyl (C=O) groups is 2. The van der Waals surface area contributed by atoms with Crippen molar-refractivity contribution in [3.05, 3.63) is 70.0 Å². The Morgan fingerprint density at radius 3 is 2.52 bits per heavy atom. The van der Waals surface area contributed by atoms with Gasteiger partial charge >= 0.3 is 0 Å². The molecular formula is C22H22Cl2N4O2S. The van der Waals surface area contributed by atoms with E-state index in [9.17, 15) is 9.59 Å². The van der Waals surface area contributed by atoms with E-state index < -0.39 is 0 Å². The van der Waals surface area contributed by atoms with Gasteiger partial charge in [-0.25, -0.2) is 4.98 Å². The number of likely N-dealkylation sites (N-methyl/N-ethyl adjacent to an activating group) is 1. The fourth-order valence-electron chi connectivity index (χ4n) is 2.91. The molecule has 0 radical (unpaired) electrons. The summed E-state index contributed by atoms with van der Waals surface area (Å²) in [6.45, 7) is 4.00. The number of imidazole rings is 1. The van der Waals surface area contributed by atoms with E-state index in [0.717, 1.165) is 11.3 Å². The second-order valence-corrected chi connectivity index (χ2v) is 8.74. The maximum absolute atomic E-state index is 12.6. The largest absolute Gasteiger partial charge is 0.336 e. The van der Waals surface area contributed by atoms with E-state index in [2.05, 4.69) is 30.2 Å². The third-order valence-electron chi connectivity index (χ3n) is 4.80. The van der Waals surface area contributed by atoms with Gasteiger partial charge in [0.1, 0.15) is 0 Å². The first kappa shape index (κ1) is 23.2. The number of para-hydroxylation sites is 1. The molecule has 0 aliphatic rings. The van der Waals surface area contributed by atoms with Crippen LogP contribution in [0.5, 0.6) is 0 Å². The summed E-state index contributed by atoms with van der Waals surface area (Å²) in [7, 11) is 1.58. The second kappa shape index (κ2) is 10.2. The highest BCUT2D eigenvalue weighted by molar-refractivity contribution is 7.99. The predicted molar refractivity (Wildman–Crippen MR) is 126 cm³/mol. The molecule has 0 fully saturated rings. The van der Waals surface area contributed by atoms with Crippen LogP contribution in [0, 0.1) is 13.8 Å². The number of aromatic nitrogens is 2. The number of halogens is 2. The fourth-order valence-corrected chi connectivity index (χ4v) is 4.31. The Labute approximate surface area is 195 Å². The van der Waals surface area contributed by atoms with Crippen molar-refractivity contribution in [3.63, 3.8) is 0 Å². The highest BCUT2D eigenvalue weighted by Crippen LogP contribution is 2.29. The molecule has 0 aliphatic heterocycles. The average Bonchev–Trinajstić information content (AvgIpc) is 3.19. The van der Waals surface area contributed by atoms with Crippen LogP contribution in [-0.4, -0.2) is 45.6 Å². The van der Waals surface area contributed by atoms with E-state index in [0.29, 0.717) is 20.9 Å². The molecule has 0 aliphatic carbocycles. The number of thioether (sulfide) groups is 1. The molecule has 0 unspecified atom stereocenters. The standard InChI is InChI=1S/C22H22Cl2N4O2S/c1-14-6-4-9-18(15(14)2)28-11-10-25-22(28)31-13-20(30)27(3)12-19(29)26-21-16(23)7-5-8-17(21)24/h4-11H,12-13H2,1-3H3,(H,26,29). The van der Waals surface area contributed by atoms with Crippen molar-refractivity contribution in [3.8, 4) is 5.69 Å². The van der Waals surface area contributed by atoms with E-state index in [-0.39, 0.29) is 24.1 Å². The third kappa shape index (κ3) is 5.61.